The van der Waals surface area contributed by atoms with Gasteiger partial charge in [0.15, 0.2) is 12.6 Å². The van der Waals surface area contributed by atoms with Crippen LogP contribution in [0, 0.1) is 0 Å². The molecule has 1 aliphatic carbocycles. The van der Waals surface area contributed by atoms with Crippen LogP contribution in [0.3, 0.4) is 0 Å². The number of aliphatic imine (C=N–C) groups is 1. The van der Waals surface area contributed by atoms with Gasteiger partial charge in [-0.25, -0.2) is 0 Å². The van der Waals surface area contributed by atoms with Crippen molar-refractivity contribution in [2.45, 2.75) is 44.8 Å². The van der Waals surface area contributed by atoms with Crippen molar-refractivity contribution < 1.29 is 22.7 Å². The summed E-state index contributed by atoms with van der Waals surface area (Å²) < 4.78 is 42.1. The number of ether oxygens (including phenoxy) is 1. The highest BCUT2D eigenvalue weighted by Gasteiger charge is 2.26. The van der Waals surface area contributed by atoms with E-state index in [1.165, 1.54) is 0 Å². The number of hydrogen-bond donors (Lipinski definition) is 3. The van der Waals surface area contributed by atoms with E-state index in [1.54, 1.807) is 12.1 Å². The molecule has 0 radical (unpaired) electrons. The molecule has 1 aromatic carbocycles. The summed E-state index contributed by atoms with van der Waals surface area (Å²) in [6.07, 6.45) is -2.40. The molecule has 2 rings (SSSR count). The molecule has 6 nitrogen and oxygen atoms in total. The van der Waals surface area contributed by atoms with Gasteiger partial charge in [-0.2, -0.15) is 13.2 Å². The summed E-state index contributed by atoms with van der Waals surface area (Å²) in [6, 6.07) is 7.69. The Balaban J connectivity index is 0.00000420. The Hall–Kier alpha value is -1.72. The summed E-state index contributed by atoms with van der Waals surface area (Å²) >= 11 is 0. The van der Waals surface area contributed by atoms with Crippen LogP contribution in [0.1, 0.15) is 31.7 Å². The third kappa shape index (κ3) is 11.8. The van der Waals surface area contributed by atoms with Crippen molar-refractivity contribution in [3.63, 3.8) is 0 Å². The fourth-order valence-electron chi connectivity index (χ4n) is 2.36. The quantitative estimate of drug-likeness (QED) is 0.248. The summed E-state index contributed by atoms with van der Waals surface area (Å²) in [7, 11) is 0. The van der Waals surface area contributed by atoms with Crippen LogP contribution in [-0.2, 0) is 11.2 Å². The molecule has 0 aliphatic heterocycles. The van der Waals surface area contributed by atoms with Crippen LogP contribution in [0.2, 0.25) is 0 Å². The van der Waals surface area contributed by atoms with Gasteiger partial charge in [0.1, 0.15) is 5.75 Å². The van der Waals surface area contributed by atoms with Crippen molar-refractivity contribution in [1.29, 1.82) is 0 Å². The Kier molecular flexibility index (Phi) is 11.1. The summed E-state index contributed by atoms with van der Waals surface area (Å²) in [5, 5.41) is 8.80. The minimum atomic E-state index is -4.21. The maximum absolute atomic E-state index is 12.2. The molecule has 1 amide bonds. The van der Waals surface area contributed by atoms with E-state index < -0.39 is 12.6 Å². The molecule has 164 valence electrons. The first-order valence-corrected chi connectivity index (χ1v) is 9.46. The first-order valence-electron chi connectivity index (χ1n) is 9.46. The molecule has 1 aromatic rings. The van der Waals surface area contributed by atoms with Gasteiger partial charge in [0.25, 0.3) is 5.91 Å². The number of benzene rings is 1. The zero-order valence-corrected chi connectivity index (χ0v) is 18.7. The first-order chi connectivity index (χ1) is 13.4. The first kappa shape index (κ1) is 25.3. The van der Waals surface area contributed by atoms with Gasteiger partial charge in [-0.1, -0.05) is 12.1 Å². The van der Waals surface area contributed by atoms with E-state index in [0.29, 0.717) is 37.3 Å². The number of guanidine groups is 1. The topological polar surface area (TPSA) is 74.8 Å². The van der Waals surface area contributed by atoms with E-state index in [1.807, 2.05) is 19.1 Å². The van der Waals surface area contributed by atoms with Crippen molar-refractivity contribution in [3.05, 3.63) is 29.8 Å². The lowest BCUT2D eigenvalue weighted by molar-refractivity contribution is -0.132. The molecule has 10 heteroatoms. The van der Waals surface area contributed by atoms with Crippen molar-refractivity contribution in [2.24, 2.45) is 4.99 Å². The van der Waals surface area contributed by atoms with Gasteiger partial charge in [0.2, 0.25) is 0 Å². The van der Waals surface area contributed by atoms with Crippen LogP contribution in [0.25, 0.3) is 0 Å². The molecule has 29 heavy (non-hydrogen) atoms. The Morgan fingerprint density at radius 1 is 1.21 bits per heavy atom. The summed E-state index contributed by atoms with van der Waals surface area (Å²) in [4.78, 5) is 15.5. The average Bonchev–Trinajstić information content (AvgIpc) is 3.44. The van der Waals surface area contributed by atoms with E-state index in [9.17, 15) is 18.0 Å². The Morgan fingerprint density at radius 2 is 1.90 bits per heavy atom. The van der Waals surface area contributed by atoms with Gasteiger partial charge in [-0.15, -0.1) is 24.0 Å². The highest BCUT2D eigenvalue weighted by molar-refractivity contribution is 14.0. The van der Waals surface area contributed by atoms with E-state index >= 15 is 0 Å². The fourth-order valence-corrected chi connectivity index (χ4v) is 2.36. The van der Waals surface area contributed by atoms with Crippen molar-refractivity contribution >= 4 is 35.8 Å². The molecule has 3 N–H and O–H groups in total. The van der Waals surface area contributed by atoms with Crippen LogP contribution >= 0.6 is 24.0 Å². The van der Waals surface area contributed by atoms with Gasteiger partial charge in [0.05, 0.1) is 13.0 Å². The van der Waals surface area contributed by atoms with Gasteiger partial charge < -0.3 is 20.7 Å². The fraction of sp³-hybridized carbons (Fsp3) is 0.579. The Labute approximate surface area is 186 Å². The predicted molar refractivity (Wildman–Crippen MR) is 117 cm³/mol. The summed E-state index contributed by atoms with van der Waals surface area (Å²) in [6.45, 7) is 2.64. The van der Waals surface area contributed by atoms with Crippen LogP contribution in [-0.4, -0.2) is 50.3 Å². The van der Waals surface area contributed by atoms with Crippen LogP contribution in [0.4, 0.5) is 13.2 Å². The van der Waals surface area contributed by atoms with E-state index in [0.717, 1.165) is 18.4 Å². The van der Waals surface area contributed by atoms with Crippen molar-refractivity contribution in [1.82, 2.24) is 16.0 Å². The second kappa shape index (κ2) is 12.8. The molecule has 0 spiro atoms. The highest BCUT2D eigenvalue weighted by Crippen LogP contribution is 2.19. The molecular formula is C19H28F3IN4O2. The number of carbonyl (C=O) groups excluding carboxylic acids is 1. The third-order valence-corrected chi connectivity index (χ3v) is 3.95. The second-order valence-corrected chi connectivity index (χ2v) is 6.58. The molecule has 0 unspecified atom stereocenters. The van der Waals surface area contributed by atoms with Crippen LogP contribution in [0.5, 0.6) is 5.75 Å². The minimum absolute atomic E-state index is 0. The van der Waals surface area contributed by atoms with Gasteiger partial charge in [0, 0.05) is 19.1 Å². The van der Waals surface area contributed by atoms with E-state index in [4.69, 9.17) is 4.74 Å². The molecule has 1 saturated carbocycles. The summed E-state index contributed by atoms with van der Waals surface area (Å²) in [5.74, 6) is 0.870. The molecule has 0 saturated heterocycles. The molecular weight excluding hydrogens is 500 g/mol. The third-order valence-electron chi connectivity index (χ3n) is 3.95. The number of carbonyl (C=O) groups is 1. The van der Waals surface area contributed by atoms with Crippen LogP contribution in [0.15, 0.2) is 29.3 Å². The lowest BCUT2D eigenvalue weighted by Gasteiger charge is -2.12. The van der Waals surface area contributed by atoms with Gasteiger partial charge in [-0.05, 0) is 43.9 Å². The van der Waals surface area contributed by atoms with E-state index in [2.05, 4.69) is 20.9 Å². The number of nitrogens with zero attached hydrogens (tertiary/aromatic N) is 1. The molecule has 0 atom stereocenters. The number of amides is 1. The average molecular weight is 528 g/mol. The lowest BCUT2D eigenvalue weighted by atomic mass is 10.1. The maximum atomic E-state index is 12.2. The molecule has 0 heterocycles. The molecule has 0 bridgehead atoms. The molecule has 1 aliphatic rings. The smallest absolute Gasteiger partial charge is 0.390 e. The number of alkyl halides is 3. The Bertz CT molecular complexity index is 650. The monoisotopic (exact) mass is 528 g/mol. The maximum Gasteiger partial charge on any atom is 0.390 e. The molecule has 1 fully saturated rings. The number of halogens is 4. The second-order valence-electron chi connectivity index (χ2n) is 6.58. The standard InChI is InChI=1S/C19H27F3N4O2.HI/c1-2-23-18(25-12-10-19(20,21)22)24-11-9-14-3-7-16(8-4-14)28-13-17(27)26-15-5-6-15;/h3-4,7-8,15H,2,5-6,9-13H2,1H3,(H,26,27)(H2,23,24,25);1H. The zero-order chi connectivity index (χ0) is 20.4. The largest absolute Gasteiger partial charge is 0.484 e. The number of nitrogens with one attached hydrogen (secondary N) is 3. The Morgan fingerprint density at radius 3 is 2.48 bits per heavy atom. The SMILES string of the molecule is CCNC(=NCCC(F)(F)F)NCCc1ccc(OCC(=O)NC2CC2)cc1.I. The normalized spacial score (nSPS) is 14.0. The minimum Gasteiger partial charge on any atom is -0.484 e. The van der Waals surface area contributed by atoms with Gasteiger partial charge in [-0.3, -0.25) is 9.79 Å². The predicted octanol–water partition coefficient (Wildman–Crippen LogP) is 3.01. The number of rotatable bonds is 10. The van der Waals surface area contributed by atoms with E-state index in [-0.39, 0.29) is 43.0 Å². The van der Waals surface area contributed by atoms with Crippen molar-refractivity contribution in [3.8, 4) is 5.75 Å². The molecule has 0 aromatic heterocycles. The van der Waals surface area contributed by atoms with Crippen molar-refractivity contribution in [2.75, 3.05) is 26.2 Å². The summed E-state index contributed by atoms with van der Waals surface area (Å²) in [5.41, 5.74) is 1.04. The van der Waals surface area contributed by atoms with Crippen LogP contribution < -0.4 is 20.7 Å². The highest BCUT2D eigenvalue weighted by atomic mass is 127. The number of hydrogen-bond acceptors (Lipinski definition) is 3. The zero-order valence-electron chi connectivity index (χ0n) is 16.3. The lowest BCUT2D eigenvalue weighted by Crippen LogP contribution is -2.38. The van der Waals surface area contributed by atoms with Gasteiger partial charge >= 0.3 is 6.18 Å².